The van der Waals surface area contributed by atoms with E-state index in [2.05, 4.69) is 93.7 Å². The first-order chi connectivity index (χ1) is 40.0. The first kappa shape index (κ1) is 77.9. The lowest BCUT2D eigenvalue weighted by atomic mass is 10.0. The number of carbonyl (C=O) groups is 3. The Bertz CT molecular complexity index is 1490. The number of carbonyl (C=O) groups excluding carboxylic acids is 3. The highest BCUT2D eigenvalue weighted by Gasteiger charge is 2.19. The zero-order valence-electron chi connectivity index (χ0n) is 54.1. The molecule has 0 aromatic carbocycles. The van der Waals surface area contributed by atoms with Crippen LogP contribution < -0.4 is 0 Å². The van der Waals surface area contributed by atoms with Crippen molar-refractivity contribution in [3.63, 3.8) is 0 Å². The Morgan fingerprint density at radius 2 is 0.494 bits per heavy atom. The highest BCUT2D eigenvalue weighted by molar-refractivity contribution is 5.71. The van der Waals surface area contributed by atoms with Gasteiger partial charge in [-0.2, -0.15) is 0 Å². The lowest BCUT2D eigenvalue weighted by Gasteiger charge is -2.18. The van der Waals surface area contributed by atoms with Crippen LogP contribution in [0.4, 0.5) is 0 Å². The molecule has 6 nitrogen and oxygen atoms in total. The average Bonchev–Trinajstić information content (AvgIpc) is 3.47. The number of ether oxygens (including phenoxy) is 3. The van der Waals surface area contributed by atoms with Crippen molar-refractivity contribution < 1.29 is 28.6 Å². The highest BCUT2D eigenvalue weighted by atomic mass is 16.6. The van der Waals surface area contributed by atoms with Gasteiger partial charge in [0.05, 0.1) is 0 Å². The van der Waals surface area contributed by atoms with Crippen LogP contribution in [0.15, 0.2) is 72.9 Å². The van der Waals surface area contributed by atoms with Crippen LogP contribution >= 0.6 is 0 Å². The van der Waals surface area contributed by atoms with Gasteiger partial charge in [0.25, 0.3) is 0 Å². The van der Waals surface area contributed by atoms with E-state index in [0.717, 1.165) is 96.3 Å². The molecule has 1 unspecified atom stereocenters. The summed E-state index contributed by atoms with van der Waals surface area (Å²) in [5.41, 5.74) is 0. The lowest BCUT2D eigenvalue weighted by molar-refractivity contribution is -0.167. The number of allylic oxidation sites excluding steroid dienone is 12. The fraction of sp³-hybridized carbons (Fsp3) is 0.800. The molecule has 0 bridgehead atoms. The van der Waals surface area contributed by atoms with Gasteiger partial charge >= 0.3 is 17.9 Å². The van der Waals surface area contributed by atoms with Crippen LogP contribution in [0.2, 0.25) is 0 Å². The molecular formula is C75H134O6. The first-order valence-electron chi connectivity index (χ1n) is 35.4. The molecule has 1 atom stereocenters. The van der Waals surface area contributed by atoms with Crippen LogP contribution in [0.3, 0.4) is 0 Å². The Balaban J connectivity index is 4.18. The van der Waals surface area contributed by atoms with Gasteiger partial charge < -0.3 is 14.2 Å². The molecule has 0 aromatic rings. The van der Waals surface area contributed by atoms with E-state index in [1.807, 2.05) is 0 Å². The summed E-state index contributed by atoms with van der Waals surface area (Å²) < 4.78 is 17.0. The van der Waals surface area contributed by atoms with Gasteiger partial charge in [0.1, 0.15) is 13.2 Å². The number of hydrogen-bond acceptors (Lipinski definition) is 6. The van der Waals surface area contributed by atoms with Gasteiger partial charge in [0, 0.05) is 19.3 Å². The quantitative estimate of drug-likeness (QED) is 0.0261. The van der Waals surface area contributed by atoms with E-state index in [9.17, 15) is 14.4 Å². The standard InChI is InChI=1S/C75H134O6/c1-4-7-10-13-16-19-22-24-26-28-30-32-34-35-36-37-38-39-41-42-44-46-48-50-53-56-59-62-65-68-74(77)80-71-72(70-79-73(76)67-64-61-58-55-52-21-18-15-12-9-6-3)81-75(78)69-66-63-60-57-54-51-49-47-45-43-40-33-31-29-27-25-23-20-17-14-11-8-5-2/h7,10,15-16,18-19,24,26,30,32,35-36,72H,4-6,8-9,11-14,17,20-23,25,27-29,31,33-34,37-71H2,1-3H3/b10-7-,18-15-,19-16-,26-24-,32-30-,36-35-. The summed E-state index contributed by atoms with van der Waals surface area (Å²) in [6.07, 6.45) is 90.8. The van der Waals surface area contributed by atoms with Crippen LogP contribution in [0, 0.1) is 0 Å². The largest absolute Gasteiger partial charge is 0.462 e. The molecule has 470 valence electrons. The van der Waals surface area contributed by atoms with Crippen LogP contribution in [-0.2, 0) is 28.6 Å². The molecule has 6 heteroatoms. The second kappa shape index (κ2) is 69.3. The summed E-state index contributed by atoms with van der Waals surface area (Å²) in [7, 11) is 0. The predicted molar refractivity (Wildman–Crippen MR) is 353 cm³/mol. The minimum Gasteiger partial charge on any atom is -0.462 e. The minimum atomic E-state index is -0.777. The summed E-state index contributed by atoms with van der Waals surface area (Å²) in [5.74, 6) is -0.863. The lowest BCUT2D eigenvalue weighted by Crippen LogP contribution is -2.30. The molecule has 0 spiro atoms. The third-order valence-corrected chi connectivity index (χ3v) is 15.7. The van der Waals surface area contributed by atoms with E-state index >= 15 is 0 Å². The Labute approximate surface area is 503 Å². The maximum Gasteiger partial charge on any atom is 0.306 e. The van der Waals surface area contributed by atoms with Crippen LogP contribution in [0.1, 0.15) is 367 Å². The van der Waals surface area contributed by atoms with Crippen molar-refractivity contribution in [2.24, 2.45) is 0 Å². The molecule has 0 radical (unpaired) electrons. The van der Waals surface area contributed by atoms with Gasteiger partial charge in [-0.3, -0.25) is 14.4 Å². The van der Waals surface area contributed by atoms with Gasteiger partial charge in [0.2, 0.25) is 0 Å². The molecule has 0 saturated heterocycles. The third kappa shape index (κ3) is 67.5. The van der Waals surface area contributed by atoms with Crippen molar-refractivity contribution in [1.82, 2.24) is 0 Å². The number of hydrogen-bond donors (Lipinski definition) is 0. The van der Waals surface area contributed by atoms with E-state index in [-0.39, 0.29) is 31.1 Å². The van der Waals surface area contributed by atoms with E-state index in [4.69, 9.17) is 14.2 Å². The summed E-state index contributed by atoms with van der Waals surface area (Å²) in [6, 6.07) is 0. The molecule has 0 aliphatic carbocycles. The summed E-state index contributed by atoms with van der Waals surface area (Å²) >= 11 is 0. The second-order valence-corrected chi connectivity index (χ2v) is 23.8. The van der Waals surface area contributed by atoms with Crippen LogP contribution in [-0.4, -0.2) is 37.2 Å². The number of unbranched alkanes of at least 4 members (excludes halogenated alkanes) is 42. The predicted octanol–water partition coefficient (Wildman–Crippen LogP) is 24.4. The minimum absolute atomic E-state index is 0.0742. The fourth-order valence-electron chi connectivity index (χ4n) is 10.4. The Kier molecular flexibility index (Phi) is 66.6. The van der Waals surface area contributed by atoms with Gasteiger partial charge in [-0.05, 0) is 83.5 Å². The molecule has 0 aliphatic rings. The number of rotatable bonds is 65. The zero-order chi connectivity index (χ0) is 58.5. The summed E-state index contributed by atoms with van der Waals surface area (Å²) in [6.45, 7) is 6.54. The molecule has 81 heavy (non-hydrogen) atoms. The molecule has 0 rings (SSSR count). The van der Waals surface area contributed by atoms with E-state index < -0.39 is 6.10 Å². The highest BCUT2D eigenvalue weighted by Crippen LogP contribution is 2.18. The van der Waals surface area contributed by atoms with Crippen molar-refractivity contribution in [2.75, 3.05) is 13.2 Å². The van der Waals surface area contributed by atoms with Crippen molar-refractivity contribution in [1.29, 1.82) is 0 Å². The molecule has 0 N–H and O–H groups in total. The normalized spacial score (nSPS) is 12.5. The van der Waals surface area contributed by atoms with E-state index in [0.29, 0.717) is 19.3 Å². The molecular weight excluding hydrogens is 997 g/mol. The van der Waals surface area contributed by atoms with Gasteiger partial charge in [-0.25, -0.2) is 0 Å². The fourth-order valence-corrected chi connectivity index (χ4v) is 10.4. The summed E-state index contributed by atoms with van der Waals surface area (Å²) in [5, 5.41) is 0. The maximum atomic E-state index is 12.9. The molecule has 0 aromatic heterocycles. The van der Waals surface area contributed by atoms with Gasteiger partial charge in [-0.1, -0.05) is 338 Å². The zero-order valence-corrected chi connectivity index (χ0v) is 54.1. The Hall–Kier alpha value is -3.15. The van der Waals surface area contributed by atoms with Crippen molar-refractivity contribution in [2.45, 2.75) is 374 Å². The third-order valence-electron chi connectivity index (χ3n) is 15.7. The smallest absolute Gasteiger partial charge is 0.306 e. The van der Waals surface area contributed by atoms with Crippen LogP contribution in [0.25, 0.3) is 0 Å². The van der Waals surface area contributed by atoms with Crippen molar-refractivity contribution in [3.8, 4) is 0 Å². The van der Waals surface area contributed by atoms with Crippen molar-refractivity contribution >= 4 is 17.9 Å². The molecule has 0 aliphatic heterocycles. The Morgan fingerprint density at radius 3 is 0.802 bits per heavy atom. The van der Waals surface area contributed by atoms with E-state index in [1.165, 1.54) is 231 Å². The van der Waals surface area contributed by atoms with Crippen LogP contribution in [0.5, 0.6) is 0 Å². The maximum absolute atomic E-state index is 12.9. The van der Waals surface area contributed by atoms with Crippen molar-refractivity contribution in [3.05, 3.63) is 72.9 Å². The molecule has 0 amide bonds. The average molecular weight is 1130 g/mol. The monoisotopic (exact) mass is 1130 g/mol. The Morgan fingerprint density at radius 1 is 0.259 bits per heavy atom. The first-order valence-corrected chi connectivity index (χ1v) is 35.4. The molecule has 0 fully saturated rings. The topological polar surface area (TPSA) is 78.9 Å². The second-order valence-electron chi connectivity index (χ2n) is 23.8. The van der Waals surface area contributed by atoms with Gasteiger partial charge in [0.15, 0.2) is 6.10 Å². The number of esters is 3. The molecule has 0 saturated carbocycles. The summed E-state index contributed by atoms with van der Waals surface area (Å²) in [4.78, 5) is 38.4. The SMILES string of the molecule is CC/C=C\C/C=C\C/C=C\C/C=C\C/C=C\CCCCCCCCCCCCCCCC(=O)OCC(COC(=O)CCCCCCC/C=C\CCCC)OC(=O)CCCCCCCCCCCCCCCCCCCCCCCCC. The van der Waals surface area contributed by atoms with Gasteiger partial charge in [-0.15, -0.1) is 0 Å². The molecule has 0 heterocycles. The van der Waals surface area contributed by atoms with E-state index in [1.54, 1.807) is 0 Å².